The van der Waals surface area contributed by atoms with E-state index in [9.17, 15) is 19.5 Å². The zero-order valence-electron chi connectivity index (χ0n) is 20.4. The standard InChI is InChI=1S/C25H36O8/c1-13-16-10-18(28)33-25(16,30-6)11-17-19(13)20(29)21(32-15(3)27)22-23(4,12-31-14(2)26)8-7-9-24(17,22)5/h10,13,17,19-22,29H,7-9,11-12H2,1-6H3/t13-,17+,19-,20+,21+,22+,23-,24+,25+/m0/s1. The van der Waals surface area contributed by atoms with E-state index >= 15 is 0 Å². The van der Waals surface area contributed by atoms with Crippen LogP contribution in [0.3, 0.4) is 0 Å². The molecule has 1 heterocycles. The SMILES string of the molecule is CO[C@@]12C[C@@H]3[C@@H]([C@@H](O)[C@@H](OC(C)=O)[C@@H]4[C@](C)(COC(C)=O)CCC[C@]34C)[C@@H](C)C1=CC(=O)O2. The van der Waals surface area contributed by atoms with E-state index in [0.29, 0.717) is 6.42 Å². The molecule has 0 unspecified atom stereocenters. The maximum atomic E-state index is 12.3. The van der Waals surface area contributed by atoms with Gasteiger partial charge in [-0.3, -0.25) is 9.59 Å². The van der Waals surface area contributed by atoms with Crippen LogP contribution in [0, 0.1) is 34.5 Å². The third-order valence-electron chi connectivity index (χ3n) is 9.07. The van der Waals surface area contributed by atoms with Crippen LogP contribution < -0.4 is 0 Å². The Hall–Kier alpha value is -1.93. The van der Waals surface area contributed by atoms with Gasteiger partial charge in [-0.05, 0) is 36.0 Å². The van der Waals surface area contributed by atoms with Crippen molar-refractivity contribution >= 4 is 17.9 Å². The summed E-state index contributed by atoms with van der Waals surface area (Å²) in [7, 11) is 1.55. The van der Waals surface area contributed by atoms with Crippen molar-refractivity contribution < 1.29 is 38.4 Å². The van der Waals surface area contributed by atoms with Crippen LogP contribution in [0.2, 0.25) is 0 Å². The molecule has 3 fully saturated rings. The summed E-state index contributed by atoms with van der Waals surface area (Å²) in [5.74, 6) is -3.14. The second kappa shape index (κ2) is 8.08. The van der Waals surface area contributed by atoms with Crippen LogP contribution in [0.25, 0.3) is 0 Å². The molecule has 0 spiro atoms. The van der Waals surface area contributed by atoms with Crippen LogP contribution in [-0.2, 0) is 33.3 Å². The van der Waals surface area contributed by atoms with Gasteiger partial charge in [-0.2, -0.15) is 0 Å². The molecule has 8 nitrogen and oxygen atoms in total. The number of rotatable bonds is 4. The normalized spacial score (nSPS) is 46.3. The van der Waals surface area contributed by atoms with Crippen molar-refractivity contribution in [3.8, 4) is 0 Å². The third-order valence-corrected chi connectivity index (χ3v) is 9.07. The van der Waals surface area contributed by atoms with E-state index in [-0.39, 0.29) is 41.7 Å². The summed E-state index contributed by atoms with van der Waals surface area (Å²) in [5, 5.41) is 11.7. The molecule has 1 N–H and O–H groups in total. The highest BCUT2D eigenvalue weighted by Gasteiger charge is 2.69. The molecule has 4 rings (SSSR count). The van der Waals surface area contributed by atoms with Crippen LogP contribution in [0.1, 0.15) is 60.3 Å². The molecule has 0 aromatic carbocycles. The number of methoxy groups -OCH3 is 1. The quantitative estimate of drug-likeness (QED) is 0.500. The molecule has 8 heteroatoms. The lowest BCUT2D eigenvalue weighted by Crippen LogP contribution is -2.68. The van der Waals surface area contributed by atoms with Crippen LogP contribution >= 0.6 is 0 Å². The number of carbonyl (C=O) groups is 3. The van der Waals surface area contributed by atoms with Gasteiger partial charge in [0, 0.05) is 50.4 Å². The van der Waals surface area contributed by atoms with E-state index in [2.05, 4.69) is 13.8 Å². The fraction of sp³-hybridized carbons (Fsp3) is 0.800. The minimum atomic E-state index is -1.14. The zero-order valence-corrected chi connectivity index (χ0v) is 20.4. The average molecular weight is 465 g/mol. The van der Waals surface area contributed by atoms with Crippen LogP contribution in [-0.4, -0.2) is 54.7 Å². The summed E-state index contributed by atoms with van der Waals surface area (Å²) in [4.78, 5) is 36.1. The highest BCUT2D eigenvalue weighted by atomic mass is 16.7. The molecule has 0 bridgehead atoms. The molecule has 9 atom stereocenters. The second-order valence-corrected chi connectivity index (χ2v) is 11.0. The van der Waals surface area contributed by atoms with Crippen molar-refractivity contribution in [3.63, 3.8) is 0 Å². The monoisotopic (exact) mass is 464 g/mol. The van der Waals surface area contributed by atoms with Crippen molar-refractivity contribution in [2.24, 2.45) is 34.5 Å². The Balaban J connectivity index is 1.83. The van der Waals surface area contributed by atoms with Gasteiger partial charge in [-0.1, -0.05) is 27.2 Å². The number of fused-ring (bicyclic) bond motifs is 4. The fourth-order valence-electron chi connectivity index (χ4n) is 7.90. The number of esters is 3. The Morgan fingerprint density at radius 2 is 1.91 bits per heavy atom. The zero-order chi connectivity index (χ0) is 24.3. The Labute approximate surface area is 195 Å². The number of carbonyl (C=O) groups excluding carboxylic acids is 3. The number of ether oxygens (including phenoxy) is 4. The number of aliphatic hydroxyl groups is 1. The maximum absolute atomic E-state index is 12.3. The van der Waals surface area contributed by atoms with Gasteiger partial charge in [0.05, 0.1) is 12.7 Å². The highest BCUT2D eigenvalue weighted by Crippen LogP contribution is 2.67. The van der Waals surface area contributed by atoms with Crippen LogP contribution in [0.4, 0.5) is 0 Å². The molecule has 0 saturated heterocycles. The molecule has 3 aliphatic carbocycles. The molecular weight excluding hydrogens is 428 g/mol. The number of aliphatic hydroxyl groups excluding tert-OH is 1. The van der Waals surface area contributed by atoms with E-state index in [1.807, 2.05) is 6.92 Å². The molecule has 184 valence electrons. The molecule has 33 heavy (non-hydrogen) atoms. The number of hydrogen-bond acceptors (Lipinski definition) is 8. The molecule has 1 aliphatic heterocycles. The molecule has 0 amide bonds. The Kier molecular flexibility index (Phi) is 5.93. The Morgan fingerprint density at radius 1 is 1.21 bits per heavy atom. The smallest absolute Gasteiger partial charge is 0.333 e. The van der Waals surface area contributed by atoms with Crippen molar-refractivity contribution in [1.29, 1.82) is 0 Å². The largest absolute Gasteiger partial charge is 0.465 e. The van der Waals surface area contributed by atoms with Crippen LogP contribution in [0.5, 0.6) is 0 Å². The first-order valence-electron chi connectivity index (χ1n) is 11.9. The lowest BCUT2D eigenvalue weighted by atomic mass is 9.41. The summed E-state index contributed by atoms with van der Waals surface area (Å²) >= 11 is 0. The second-order valence-electron chi connectivity index (χ2n) is 11.0. The van der Waals surface area contributed by atoms with Gasteiger partial charge in [0.15, 0.2) is 0 Å². The van der Waals surface area contributed by atoms with Crippen molar-refractivity contribution in [2.45, 2.75) is 78.3 Å². The first kappa shape index (κ1) is 24.2. The first-order valence-corrected chi connectivity index (χ1v) is 11.9. The molecular formula is C25H36O8. The van der Waals surface area contributed by atoms with E-state index in [1.165, 1.54) is 19.9 Å². The van der Waals surface area contributed by atoms with Gasteiger partial charge in [0.1, 0.15) is 6.10 Å². The minimum absolute atomic E-state index is 0.0562. The molecule has 0 aromatic heterocycles. The molecule has 0 radical (unpaired) electrons. The lowest BCUT2D eigenvalue weighted by molar-refractivity contribution is -0.274. The fourth-order valence-corrected chi connectivity index (χ4v) is 7.90. The van der Waals surface area contributed by atoms with Gasteiger partial charge in [0.25, 0.3) is 0 Å². The number of hydrogen-bond donors (Lipinski definition) is 1. The van der Waals surface area contributed by atoms with Crippen molar-refractivity contribution in [2.75, 3.05) is 13.7 Å². The first-order chi connectivity index (χ1) is 15.4. The average Bonchev–Trinajstić information content (AvgIpc) is 3.07. The van der Waals surface area contributed by atoms with E-state index in [4.69, 9.17) is 18.9 Å². The van der Waals surface area contributed by atoms with Crippen molar-refractivity contribution in [3.05, 3.63) is 11.6 Å². The van der Waals surface area contributed by atoms with Crippen LogP contribution in [0.15, 0.2) is 11.6 Å². The minimum Gasteiger partial charge on any atom is -0.465 e. The summed E-state index contributed by atoms with van der Waals surface area (Å²) in [6.07, 6.45) is 2.79. The topological polar surface area (TPSA) is 108 Å². The predicted molar refractivity (Wildman–Crippen MR) is 116 cm³/mol. The Morgan fingerprint density at radius 3 is 2.52 bits per heavy atom. The van der Waals surface area contributed by atoms with E-state index in [0.717, 1.165) is 24.8 Å². The molecule has 0 aromatic rings. The van der Waals surface area contributed by atoms with Gasteiger partial charge in [-0.15, -0.1) is 0 Å². The van der Waals surface area contributed by atoms with Gasteiger partial charge in [-0.25, -0.2) is 4.79 Å². The van der Waals surface area contributed by atoms with E-state index in [1.54, 1.807) is 7.11 Å². The van der Waals surface area contributed by atoms with Crippen molar-refractivity contribution in [1.82, 2.24) is 0 Å². The molecule has 3 saturated carbocycles. The van der Waals surface area contributed by atoms with E-state index < -0.39 is 35.3 Å². The summed E-state index contributed by atoms with van der Waals surface area (Å²) in [5.41, 5.74) is -0.119. The maximum Gasteiger partial charge on any atom is 0.333 e. The summed E-state index contributed by atoms with van der Waals surface area (Å²) in [6.45, 7) is 9.15. The predicted octanol–water partition coefficient (Wildman–Crippen LogP) is 2.77. The van der Waals surface area contributed by atoms with Gasteiger partial charge >= 0.3 is 17.9 Å². The lowest BCUT2D eigenvalue weighted by Gasteiger charge is -2.66. The van der Waals surface area contributed by atoms with Gasteiger partial charge in [0.2, 0.25) is 5.79 Å². The molecule has 4 aliphatic rings. The van der Waals surface area contributed by atoms with Gasteiger partial charge < -0.3 is 24.1 Å². The summed E-state index contributed by atoms with van der Waals surface area (Å²) in [6, 6.07) is 0. The third kappa shape index (κ3) is 3.60. The summed E-state index contributed by atoms with van der Waals surface area (Å²) < 4.78 is 22.9. The highest BCUT2D eigenvalue weighted by molar-refractivity contribution is 5.86. The Bertz CT molecular complexity index is 882.